The van der Waals surface area contributed by atoms with E-state index >= 15 is 0 Å². The molecule has 30 heavy (non-hydrogen) atoms. The van der Waals surface area contributed by atoms with E-state index in [9.17, 15) is 0 Å². The Balaban J connectivity index is 0.000000640. The minimum Gasteiger partial charge on any atom is -0.0776 e. The molecule has 0 heteroatoms. The van der Waals surface area contributed by atoms with Gasteiger partial charge < -0.3 is 0 Å². The quantitative estimate of drug-likeness (QED) is 0.452. The van der Waals surface area contributed by atoms with Crippen molar-refractivity contribution in [2.75, 3.05) is 0 Å². The van der Waals surface area contributed by atoms with Crippen molar-refractivity contribution >= 4 is 0 Å². The highest BCUT2D eigenvalue weighted by Gasteiger charge is 3.04. The van der Waals surface area contributed by atoms with Gasteiger partial charge in [-0.05, 0) is 82.8 Å². The first-order valence-corrected chi connectivity index (χ1v) is 10.9. The molecule has 0 N–H and O–H groups in total. The summed E-state index contributed by atoms with van der Waals surface area (Å²) in [4.78, 5) is 0. The van der Waals surface area contributed by atoms with E-state index in [4.69, 9.17) is 0 Å². The Hall–Kier alpha value is -1.56. The zero-order valence-electron chi connectivity index (χ0n) is 15.8. The van der Waals surface area contributed by atoms with Gasteiger partial charge in [0.05, 0.1) is 0 Å². The Morgan fingerprint density at radius 1 is 0.700 bits per heavy atom. The van der Waals surface area contributed by atoms with Crippen LogP contribution in [-0.2, 0) is 5.41 Å². The SMILES string of the molecule is C.C.C.C.CCC(CC(C)c1ccccc1)c1ccc(C23C4C5C6C4C2C6C53)cc1. The Labute approximate surface area is 186 Å². The van der Waals surface area contributed by atoms with Crippen LogP contribution in [0.3, 0.4) is 0 Å². The molecular formula is C30H44. The molecule has 0 aliphatic heterocycles. The standard InChI is InChI=1S/C26H28.4CH4/c1-3-15(13-14(2)16-7-5-4-6-8-16)17-9-11-18(12-10-17)26-23-20-19-21(23)25(26)22(19)24(20)26;;;;/h4-12,14-15,19-25H,3,13H2,1-2H3;4*1H4. The second kappa shape index (κ2) is 7.25. The van der Waals surface area contributed by atoms with Crippen LogP contribution in [-0.4, -0.2) is 0 Å². The molecule has 164 valence electrons. The van der Waals surface area contributed by atoms with Crippen LogP contribution in [0, 0.1) is 41.4 Å². The molecule has 6 saturated carbocycles. The van der Waals surface area contributed by atoms with E-state index in [1.165, 1.54) is 42.1 Å². The fraction of sp³-hybridized carbons (Fsp3) is 0.600. The van der Waals surface area contributed by atoms with Gasteiger partial charge in [0.2, 0.25) is 0 Å². The molecule has 6 fully saturated rings. The number of benzene rings is 2. The second-order valence-corrected chi connectivity index (χ2v) is 10.1. The van der Waals surface area contributed by atoms with Gasteiger partial charge in [0, 0.05) is 5.41 Å². The maximum atomic E-state index is 2.53. The van der Waals surface area contributed by atoms with Crippen molar-refractivity contribution < 1.29 is 0 Å². The van der Waals surface area contributed by atoms with E-state index in [1.54, 1.807) is 11.1 Å². The molecular weight excluding hydrogens is 360 g/mol. The summed E-state index contributed by atoms with van der Waals surface area (Å²) in [5.41, 5.74) is 5.46. The van der Waals surface area contributed by atoms with Crippen molar-refractivity contribution in [3.63, 3.8) is 0 Å². The number of rotatable bonds is 6. The van der Waals surface area contributed by atoms with Crippen molar-refractivity contribution in [3.05, 3.63) is 71.3 Å². The second-order valence-electron chi connectivity index (χ2n) is 10.1. The van der Waals surface area contributed by atoms with Gasteiger partial charge in [-0.3, -0.25) is 0 Å². The molecule has 0 aromatic heterocycles. The highest BCUT2D eigenvalue weighted by atomic mass is 15.1. The van der Waals surface area contributed by atoms with Gasteiger partial charge in [-0.25, -0.2) is 0 Å². The zero-order chi connectivity index (χ0) is 17.2. The Bertz CT molecular complexity index is 825. The lowest BCUT2D eigenvalue weighted by Crippen LogP contribution is -3.06. The lowest BCUT2D eigenvalue weighted by atomic mass is 8.96. The largest absolute Gasteiger partial charge is 0.0776 e. The molecule has 0 bridgehead atoms. The smallest absolute Gasteiger partial charge is 0.00548 e. The van der Waals surface area contributed by atoms with Crippen molar-refractivity contribution in [2.24, 2.45) is 41.4 Å². The summed E-state index contributed by atoms with van der Waals surface area (Å²) in [6.07, 6.45) is 2.50. The summed E-state index contributed by atoms with van der Waals surface area (Å²) in [6.45, 7) is 4.75. The van der Waals surface area contributed by atoms with Gasteiger partial charge in [-0.1, -0.05) is 98.2 Å². The van der Waals surface area contributed by atoms with Gasteiger partial charge in [-0.15, -0.1) is 0 Å². The predicted molar refractivity (Wildman–Crippen MR) is 132 cm³/mol. The van der Waals surface area contributed by atoms with Crippen LogP contribution in [0.1, 0.15) is 84.9 Å². The van der Waals surface area contributed by atoms with Crippen LogP contribution in [0.5, 0.6) is 0 Å². The Kier molecular flexibility index (Phi) is 5.58. The molecule has 6 aliphatic rings. The van der Waals surface area contributed by atoms with E-state index < -0.39 is 0 Å². The molecule has 6 aliphatic carbocycles. The molecule has 2 aromatic rings. The van der Waals surface area contributed by atoms with Crippen LogP contribution in [0.25, 0.3) is 0 Å². The first-order valence-electron chi connectivity index (χ1n) is 10.9. The van der Waals surface area contributed by atoms with E-state index in [1.807, 2.05) is 0 Å². The maximum absolute atomic E-state index is 2.53. The fourth-order valence-electron chi connectivity index (χ4n) is 8.94. The highest BCUT2D eigenvalue weighted by molar-refractivity contribution is 5.59. The average Bonchev–Trinajstić information content (AvgIpc) is 2.73. The number of hydrogen-bond acceptors (Lipinski definition) is 0. The Morgan fingerprint density at radius 2 is 1.23 bits per heavy atom. The van der Waals surface area contributed by atoms with E-state index in [0.29, 0.717) is 17.3 Å². The fourth-order valence-corrected chi connectivity index (χ4v) is 8.94. The lowest BCUT2D eigenvalue weighted by molar-refractivity contribution is -0.581. The molecule has 0 nitrogen and oxygen atoms in total. The molecule has 0 saturated heterocycles. The third-order valence-electron chi connectivity index (χ3n) is 9.86. The van der Waals surface area contributed by atoms with Crippen molar-refractivity contribution in [3.8, 4) is 0 Å². The molecule has 0 amide bonds. The van der Waals surface area contributed by atoms with Gasteiger partial charge in [0.1, 0.15) is 0 Å². The molecule has 0 heterocycles. The van der Waals surface area contributed by atoms with Crippen molar-refractivity contribution in [1.29, 1.82) is 0 Å². The topological polar surface area (TPSA) is 0 Å². The number of hydrogen-bond donors (Lipinski definition) is 0. The normalized spacial score (nSPS) is 40.4. The molecule has 0 spiro atoms. The summed E-state index contributed by atoms with van der Waals surface area (Å²) in [7, 11) is 0. The molecule has 0 radical (unpaired) electrons. The first kappa shape index (κ1) is 23.1. The van der Waals surface area contributed by atoms with Gasteiger partial charge in [0.15, 0.2) is 0 Å². The monoisotopic (exact) mass is 404 g/mol. The van der Waals surface area contributed by atoms with E-state index in [-0.39, 0.29) is 29.7 Å². The zero-order valence-corrected chi connectivity index (χ0v) is 15.8. The van der Waals surface area contributed by atoms with Crippen molar-refractivity contribution in [1.82, 2.24) is 0 Å². The van der Waals surface area contributed by atoms with Crippen LogP contribution in [0.2, 0.25) is 0 Å². The summed E-state index contributed by atoms with van der Waals surface area (Å²) in [5, 5.41) is 0. The summed E-state index contributed by atoms with van der Waals surface area (Å²) >= 11 is 0. The minimum atomic E-state index is 0. The third kappa shape index (κ3) is 2.09. The molecule has 2 aromatic carbocycles. The third-order valence-corrected chi connectivity index (χ3v) is 9.86. The minimum absolute atomic E-state index is 0. The van der Waals surface area contributed by atoms with Crippen molar-refractivity contribution in [2.45, 2.75) is 73.6 Å². The van der Waals surface area contributed by atoms with Crippen LogP contribution in [0.4, 0.5) is 0 Å². The van der Waals surface area contributed by atoms with E-state index in [0.717, 1.165) is 17.8 Å². The maximum Gasteiger partial charge on any atom is 0.00548 e. The molecule has 2 atom stereocenters. The Morgan fingerprint density at radius 3 is 1.73 bits per heavy atom. The predicted octanol–water partition coefficient (Wildman–Crippen LogP) is 8.54. The van der Waals surface area contributed by atoms with E-state index in [2.05, 4.69) is 68.4 Å². The molecule has 8 rings (SSSR count). The van der Waals surface area contributed by atoms with Gasteiger partial charge in [0.25, 0.3) is 0 Å². The average molecular weight is 405 g/mol. The highest BCUT2D eigenvalue weighted by Crippen LogP contribution is 3.05. The summed E-state index contributed by atoms with van der Waals surface area (Å²) in [5.74, 6) is 9.46. The summed E-state index contributed by atoms with van der Waals surface area (Å²) in [6, 6.07) is 21.1. The van der Waals surface area contributed by atoms with Gasteiger partial charge >= 0.3 is 0 Å². The van der Waals surface area contributed by atoms with Crippen LogP contribution >= 0.6 is 0 Å². The summed E-state index contributed by atoms with van der Waals surface area (Å²) < 4.78 is 0. The molecule has 2 unspecified atom stereocenters. The van der Waals surface area contributed by atoms with Crippen LogP contribution in [0.15, 0.2) is 54.6 Å². The first-order chi connectivity index (χ1) is 12.8. The van der Waals surface area contributed by atoms with Gasteiger partial charge in [-0.2, -0.15) is 0 Å². The lowest BCUT2D eigenvalue weighted by Gasteiger charge is -3.08. The van der Waals surface area contributed by atoms with Crippen LogP contribution < -0.4 is 0 Å².